The fraction of sp³-hybridized carbons (Fsp3) is 0.333. The van der Waals surface area contributed by atoms with Gasteiger partial charge in [0.25, 0.3) is 5.56 Å². The summed E-state index contributed by atoms with van der Waals surface area (Å²) in [6.45, 7) is 4.44. The number of morpholine rings is 1. The molecule has 1 aliphatic rings. The molecule has 0 bridgehead atoms. The molecule has 8 nitrogen and oxygen atoms in total. The maximum Gasteiger partial charge on any atom is 0.268 e. The third-order valence-electron chi connectivity index (χ3n) is 3.74. The Bertz CT molecular complexity index is 857. The van der Waals surface area contributed by atoms with Crippen LogP contribution in [-0.2, 0) is 4.74 Å². The summed E-state index contributed by atoms with van der Waals surface area (Å²) in [6, 6.07) is 3.74. The molecular formula is C15H18N6O2S. The lowest BCUT2D eigenvalue weighted by Crippen LogP contribution is -2.39. The fourth-order valence-corrected chi connectivity index (χ4v) is 2.64. The fourth-order valence-electron chi connectivity index (χ4n) is 2.59. The molecule has 0 saturated carbocycles. The SMILES string of the molecule is Cc1cccn2c(=O)c(C=NNC(N)=S)c(N3CCOCC3)nc12. The molecular weight excluding hydrogens is 328 g/mol. The highest BCUT2D eigenvalue weighted by Crippen LogP contribution is 2.17. The van der Waals surface area contributed by atoms with Gasteiger partial charge in [-0.3, -0.25) is 14.6 Å². The van der Waals surface area contributed by atoms with Gasteiger partial charge in [0.15, 0.2) is 5.11 Å². The maximum atomic E-state index is 12.9. The Morgan fingerprint density at radius 3 is 2.96 bits per heavy atom. The lowest BCUT2D eigenvalue weighted by atomic mass is 10.2. The lowest BCUT2D eigenvalue weighted by Gasteiger charge is -2.29. The van der Waals surface area contributed by atoms with Gasteiger partial charge in [-0.05, 0) is 30.8 Å². The molecule has 0 radical (unpaired) electrons. The number of nitrogens with zero attached hydrogens (tertiary/aromatic N) is 4. The summed E-state index contributed by atoms with van der Waals surface area (Å²) in [4.78, 5) is 19.6. The molecule has 1 fully saturated rings. The van der Waals surface area contributed by atoms with Crippen LogP contribution in [0.4, 0.5) is 5.82 Å². The summed E-state index contributed by atoms with van der Waals surface area (Å²) in [5.41, 5.74) is 9.57. The summed E-state index contributed by atoms with van der Waals surface area (Å²) >= 11 is 4.72. The molecule has 0 spiro atoms. The largest absolute Gasteiger partial charge is 0.378 e. The van der Waals surface area contributed by atoms with Gasteiger partial charge in [0.05, 0.1) is 19.4 Å². The van der Waals surface area contributed by atoms with E-state index in [2.05, 4.69) is 10.5 Å². The minimum absolute atomic E-state index is 0.0314. The van der Waals surface area contributed by atoms with Crippen molar-refractivity contribution in [3.05, 3.63) is 39.8 Å². The first-order valence-corrected chi connectivity index (χ1v) is 7.92. The third-order valence-corrected chi connectivity index (χ3v) is 3.83. The van der Waals surface area contributed by atoms with Crippen molar-refractivity contribution in [2.24, 2.45) is 10.8 Å². The van der Waals surface area contributed by atoms with E-state index in [0.717, 1.165) is 5.56 Å². The van der Waals surface area contributed by atoms with Crippen molar-refractivity contribution in [3.63, 3.8) is 0 Å². The molecule has 0 amide bonds. The van der Waals surface area contributed by atoms with E-state index < -0.39 is 0 Å². The number of aromatic nitrogens is 2. The van der Waals surface area contributed by atoms with Gasteiger partial charge in [-0.25, -0.2) is 4.98 Å². The number of hydrogen-bond donors (Lipinski definition) is 2. The zero-order valence-electron chi connectivity index (χ0n) is 13.2. The first kappa shape index (κ1) is 16.3. The molecule has 3 N–H and O–H groups in total. The van der Waals surface area contributed by atoms with Crippen LogP contribution in [0, 0.1) is 6.92 Å². The Morgan fingerprint density at radius 1 is 1.50 bits per heavy atom. The maximum absolute atomic E-state index is 12.9. The predicted octanol–water partition coefficient (Wildman–Crippen LogP) is 0.00662. The van der Waals surface area contributed by atoms with Crippen LogP contribution in [0.2, 0.25) is 0 Å². The Labute approximate surface area is 143 Å². The summed E-state index contributed by atoms with van der Waals surface area (Å²) in [7, 11) is 0. The molecule has 9 heteroatoms. The standard InChI is InChI=1S/C15H18N6O2S/c1-10-3-2-4-21-12(10)18-13(20-5-7-23-8-6-20)11(14(21)22)9-17-19-15(16)24/h2-4,9H,5-8H2,1H3,(H3,16,19,24). The molecule has 0 unspecified atom stereocenters. The van der Waals surface area contributed by atoms with E-state index >= 15 is 0 Å². The van der Waals surface area contributed by atoms with Crippen LogP contribution < -0.4 is 21.6 Å². The van der Waals surface area contributed by atoms with Crippen LogP contribution in [-0.4, -0.2) is 47.0 Å². The Morgan fingerprint density at radius 2 is 2.25 bits per heavy atom. The smallest absolute Gasteiger partial charge is 0.268 e. The second kappa shape index (κ2) is 6.93. The van der Waals surface area contributed by atoms with Crippen molar-refractivity contribution >= 4 is 35.0 Å². The molecule has 126 valence electrons. The van der Waals surface area contributed by atoms with Crippen molar-refractivity contribution in [2.45, 2.75) is 6.92 Å². The molecule has 1 aliphatic heterocycles. The van der Waals surface area contributed by atoms with Gasteiger partial charge in [-0.2, -0.15) is 5.10 Å². The number of rotatable bonds is 3. The van der Waals surface area contributed by atoms with Crippen molar-refractivity contribution < 1.29 is 4.74 Å². The van der Waals surface area contributed by atoms with Crippen LogP contribution in [0.5, 0.6) is 0 Å². The van der Waals surface area contributed by atoms with Crippen molar-refractivity contribution in [1.29, 1.82) is 0 Å². The number of hydrazone groups is 1. The molecule has 0 atom stereocenters. The molecule has 1 saturated heterocycles. The first-order chi connectivity index (χ1) is 11.6. The molecule has 24 heavy (non-hydrogen) atoms. The van der Waals surface area contributed by atoms with Gasteiger partial charge in [-0.1, -0.05) is 6.07 Å². The topological polar surface area (TPSA) is 97.2 Å². The number of pyridine rings is 1. The van der Waals surface area contributed by atoms with E-state index in [9.17, 15) is 4.79 Å². The quantitative estimate of drug-likeness (QED) is 0.459. The minimum Gasteiger partial charge on any atom is -0.378 e. The van der Waals surface area contributed by atoms with Crippen molar-refractivity contribution in [3.8, 4) is 0 Å². The predicted molar refractivity (Wildman–Crippen MR) is 96.7 cm³/mol. The van der Waals surface area contributed by atoms with E-state index in [1.165, 1.54) is 10.6 Å². The summed E-state index contributed by atoms with van der Waals surface area (Å²) in [5, 5.41) is 3.97. The van der Waals surface area contributed by atoms with Crippen LogP contribution in [0.1, 0.15) is 11.1 Å². The van der Waals surface area contributed by atoms with Crippen LogP contribution in [0.3, 0.4) is 0 Å². The Hall–Kier alpha value is -2.52. The number of nitrogens with one attached hydrogen (secondary N) is 1. The van der Waals surface area contributed by atoms with E-state index in [4.69, 9.17) is 27.7 Å². The molecule has 3 heterocycles. The number of hydrogen-bond acceptors (Lipinski definition) is 6. The number of anilines is 1. The van der Waals surface area contributed by atoms with Gasteiger partial charge < -0.3 is 15.4 Å². The third kappa shape index (κ3) is 3.22. The zero-order valence-corrected chi connectivity index (χ0v) is 14.0. The van der Waals surface area contributed by atoms with Gasteiger partial charge in [-0.15, -0.1) is 0 Å². The van der Waals surface area contributed by atoms with E-state index in [1.807, 2.05) is 24.0 Å². The Kier molecular flexibility index (Phi) is 4.72. The van der Waals surface area contributed by atoms with E-state index in [0.29, 0.717) is 43.3 Å². The highest BCUT2D eigenvalue weighted by atomic mass is 32.1. The monoisotopic (exact) mass is 346 g/mol. The van der Waals surface area contributed by atoms with Crippen molar-refractivity contribution in [2.75, 3.05) is 31.2 Å². The molecule has 3 rings (SSSR count). The lowest BCUT2D eigenvalue weighted by molar-refractivity contribution is 0.122. The summed E-state index contributed by atoms with van der Waals surface area (Å²) in [6.07, 6.45) is 3.10. The van der Waals surface area contributed by atoms with E-state index in [1.54, 1.807) is 6.20 Å². The number of ether oxygens (including phenoxy) is 1. The molecule has 2 aromatic rings. The number of fused-ring (bicyclic) bond motifs is 1. The number of thiocarbonyl (C=S) groups is 1. The van der Waals surface area contributed by atoms with E-state index in [-0.39, 0.29) is 10.7 Å². The van der Waals surface area contributed by atoms with Gasteiger partial charge in [0.1, 0.15) is 17.0 Å². The number of aryl methyl sites for hydroxylation is 1. The van der Waals surface area contributed by atoms with Gasteiger partial charge >= 0.3 is 0 Å². The molecule has 0 aromatic carbocycles. The average molecular weight is 346 g/mol. The van der Waals surface area contributed by atoms with Crippen LogP contribution >= 0.6 is 12.2 Å². The van der Waals surface area contributed by atoms with Crippen LogP contribution in [0.15, 0.2) is 28.2 Å². The highest BCUT2D eigenvalue weighted by molar-refractivity contribution is 7.80. The minimum atomic E-state index is -0.196. The average Bonchev–Trinajstić information content (AvgIpc) is 2.58. The second-order valence-corrected chi connectivity index (χ2v) is 5.81. The van der Waals surface area contributed by atoms with Crippen molar-refractivity contribution in [1.82, 2.24) is 14.8 Å². The summed E-state index contributed by atoms with van der Waals surface area (Å²) < 4.78 is 6.90. The normalized spacial score (nSPS) is 15.1. The highest BCUT2D eigenvalue weighted by Gasteiger charge is 2.20. The Balaban J connectivity index is 2.17. The summed E-state index contributed by atoms with van der Waals surface area (Å²) in [5.74, 6) is 0.589. The zero-order chi connectivity index (χ0) is 17.1. The van der Waals surface area contributed by atoms with Crippen LogP contribution in [0.25, 0.3) is 5.65 Å². The second-order valence-electron chi connectivity index (χ2n) is 5.37. The van der Waals surface area contributed by atoms with Gasteiger partial charge in [0.2, 0.25) is 0 Å². The first-order valence-electron chi connectivity index (χ1n) is 7.51. The number of nitrogens with two attached hydrogens (primary N) is 1. The van der Waals surface area contributed by atoms with Gasteiger partial charge in [0, 0.05) is 19.3 Å². The molecule has 0 aliphatic carbocycles. The molecule has 2 aromatic heterocycles.